The van der Waals surface area contributed by atoms with E-state index in [-0.39, 0.29) is 17.2 Å². The van der Waals surface area contributed by atoms with Gasteiger partial charge in [0.1, 0.15) is 11.6 Å². The highest BCUT2D eigenvalue weighted by molar-refractivity contribution is 5.79. The highest BCUT2D eigenvalue weighted by atomic mass is 16.3. The van der Waals surface area contributed by atoms with E-state index in [0.29, 0.717) is 16.7 Å². The first-order valence-electron chi connectivity index (χ1n) is 6.89. The molecule has 4 heteroatoms. The van der Waals surface area contributed by atoms with Gasteiger partial charge in [0.15, 0.2) is 0 Å². The van der Waals surface area contributed by atoms with Crippen LogP contribution in [0, 0.1) is 0 Å². The van der Waals surface area contributed by atoms with E-state index in [2.05, 4.69) is 4.98 Å². The standard InChI is InChI=1S/C17H16N2O2/c1-11(2)16-18-15-10-13(20)8-9-14(15)17(21)19(16)12-6-4-3-5-7-12/h3-11,20H,1-2H3. The second kappa shape index (κ2) is 5.05. The van der Waals surface area contributed by atoms with Gasteiger partial charge in [0.2, 0.25) is 0 Å². The van der Waals surface area contributed by atoms with Crippen molar-refractivity contribution in [2.45, 2.75) is 19.8 Å². The van der Waals surface area contributed by atoms with Crippen LogP contribution < -0.4 is 5.56 Å². The van der Waals surface area contributed by atoms with Gasteiger partial charge >= 0.3 is 0 Å². The molecular weight excluding hydrogens is 264 g/mol. The van der Waals surface area contributed by atoms with Gasteiger partial charge < -0.3 is 5.11 Å². The molecule has 0 fully saturated rings. The lowest BCUT2D eigenvalue weighted by Gasteiger charge is -2.16. The number of aromatic hydroxyl groups is 1. The third-order valence-corrected chi connectivity index (χ3v) is 3.41. The van der Waals surface area contributed by atoms with E-state index in [4.69, 9.17) is 0 Å². The normalized spacial score (nSPS) is 11.2. The van der Waals surface area contributed by atoms with Crippen LogP contribution in [0.5, 0.6) is 5.75 Å². The molecule has 21 heavy (non-hydrogen) atoms. The molecule has 3 aromatic rings. The van der Waals surface area contributed by atoms with Crippen LogP contribution in [0.2, 0.25) is 0 Å². The summed E-state index contributed by atoms with van der Waals surface area (Å²) in [4.78, 5) is 17.4. The Morgan fingerprint density at radius 3 is 2.48 bits per heavy atom. The number of hydrogen-bond acceptors (Lipinski definition) is 3. The summed E-state index contributed by atoms with van der Waals surface area (Å²) < 4.78 is 1.64. The average molecular weight is 280 g/mol. The number of para-hydroxylation sites is 1. The van der Waals surface area contributed by atoms with E-state index in [1.54, 1.807) is 10.6 Å². The van der Waals surface area contributed by atoms with Crippen LogP contribution in [0.15, 0.2) is 53.3 Å². The van der Waals surface area contributed by atoms with E-state index in [9.17, 15) is 9.90 Å². The molecule has 2 aromatic carbocycles. The minimum absolute atomic E-state index is 0.0876. The summed E-state index contributed by atoms with van der Waals surface area (Å²) >= 11 is 0. The zero-order valence-corrected chi connectivity index (χ0v) is 11.9. The number of fused-ring (bicyclic) bond motifs is 1. The summed E-state index contributed by atoms with van der Waals surface area (Å²) in [5, 5.41) is 10.1. The maximum atomic E-state index is 12.8. The molecule has 0 saturated carbocycles. The summed E-state index contributed by atoms with van der Waals surface area (Å²) in [6.07, 6.45) is 0. The fourth-order valence-corrected chi connectivity index (χ4v) is 2.41. The quantitative estimate of drug-likeness (QED) is 0.784. The van der Waals surface area contributed by atoms with Gasteiger partial charge in [-0.3, -0.25) is 9.36 Å². The Hall–Kier alpha value is -2.62. The highest BCUT2D eigenvalue weighted by Gasteiger charge is 2.15. The number of aromatic nitrogens is 2. The van der Waals surface area contributed by atoms with Gasteiger partial charge in [-0.2, -0.15) is 0 Å². The van der Waals surface area contributed by atoms with E-state index < -0.39 is 0 Å². The van der Waals surface area contributed by atoms with Gasteiger partial charge in [-0.25, -0.2) is 4.98 Å². The molecule has 4 nitrogen and oxygen atoms in total. The van der Waals surface area contributed by atoms with Crippen molar-refractivity contribution < 1.29 is 5.11 Å². The van der Waals surface area contributed by atoms with Gasteiger partial charge in [0.05, 0.1) is 16.6 Å². The van der Waals surface area contributed by atoms with Crippen molar-refractivity contribution in [3.8, 4) is 11.4 Å². The summed E-state index contributed by atoms with van der Waals surface area (Å²) in [5.41, 5.74) is 1.21. The first-order chi connectivity index (χ1) is 10.1. The molecular formula is C17H16N2O2. The number of rotatable bonds is 2. The summed E-state index contributed by atoms with van der Waals surface area (Å²) in [6.45, 7) is 3.99. The van der Waals surface area contributed by atoms with E-state index in [0.717, 1.165) is 5.69 Å². The average Bonchev–Trinajstić information content (AvgIpc) is 2.47. The molecule has 0 aliphatic carbocycles. The second-order valence-corrected chi connectivity index (χ2v) is 5.30. The van der Waals surface area contributed by atoms with Gasteiger partial charge in [0.25, 0.3) is 5.56 Å². The van der Waals surface area contributed by atoms with Crippen molar-refractivity contribution in [2.24, 2.45) is 0 Å². The van der Waals surface area contributed by atoms with E-state index in [1.807, 2.05) is 44.2 Å². The maximum absolute atomic E-state index is 12.8. The first kappa shape index (κ1) is 13.4. The lowest BCUT2D eigenvalue weighted by atomic mass is 10.1. The Bertz CT molecular complexity index is 852. The number of phenols is 1. The SMILES string of the molecule is CC(C)c1nc2cc(O)ccc2c(=O)n1-c1ccccc1. The van der Waals surface area contributed by atoms with Gasteiger partial charge in [-0.15, -0.1) is 0 Å². The smallest absolute Gasteiger partial charge is 0.265 e. The Morgan fingerprint density at radius 1 is 1.10 bits per heavy atom. The number of phenolic OH excluding ortho intramolecular Hbond substituents is 1. The molecule has 1 N–H and O–H groups in total. The predicted octanol–water partition coefficient (Wildman–Crippen LogP) is 3.21. The first-order valence-corrected chi connectivity index (χ1v) is 6.89. The van der Waals surface area contributed by atoms with Crippen LogP contribution in [0.3, 0.4) is 0 Å². The molecule has 1 aromatic heterocycles. The summed E-state index contributed by atoms with van der Waals surface area (Å²) in [6, 6.07) is 14.1. The lowest BCUT2D eigenvalue weighted by molar-refractivity contribution is 0.476. The largest absolute Gasteiger partial charge is 0.508 e. The Labute approximate surface area is 122 Å². The molecule has 106 valence electrons. The third-order valence-electron chi connectivity index (χ3n) is 3.41. The molecule has 3 rings (SSSR count). The molecule has 1 heterocycles. The maximum Gasteiger partial charge on any atom is 0.265 e. The minimum atomic E-state index is -0.116. The fourth-order valence-electron chi connectivity index (χ4n) is 2.41. The Morgan fingerprint density at radius 2 is 1.81 bits per heavy atom. The number of nitrogens with zero attached hydrogens (tertiary/aromatic N) is 2. The molecule has 0 aliphatic heterocycles. The van der Waals surface area contributed by atoms with E-state index >= 15 is 0 Å². The van der Waals surface area contributed by atoms with Crippen LogP contribution in [0.4, 0.5) is 0 Å². The summed E-state index contributed by atoms with van der Waals surface area (Å²) in [5.74, 6) is 0.885. The Balaban J connectivity index is 2.42. The van der Waals surface area contributed by atoms with Gasteiger partial charge in [-0.05, 0) is 24.3 Å². The zero-order chi connectivity index (χ0) is 15.0. The molecule has 0 amide bonds. The minimum Gasteiger partial charge on any atom is -0.508 e. The van der Waals surface area contributed by atoms with Crippen LogP contribution in [0.1, 0.15) is 25.6 Å². The van der Waals surface area contributed by atoms with Crippen molar-refractivity contribution in [1.29, 1.82) is 0 Å². The zero-order valence-electron chi connectivity index (χ0n) is 11.9. The number of benzene rings is 2. The molecule has 0 atom stereocenters. The Kier molecular flexibility index (Phi) is 3.22. The molecule has 0 unspecified atom stereocenters. The molecule has 0 radical (unpaired) electrons. The monoisotopic (exact) mass is 280 g/mol. The summed E-state index contributed by atoms with van der Waals surface area (Å²) in [7, 11) is 0. The fraction of sp³-hybridized carbons (Fsp3) is 0.176. The number of hydrogen-bond donors (Lipinski definition) is 1. The van der Waals surface area contributed by atoms with Crippen LogP contribution in [-0.4, -0.2) is 14.7 Å². The van der Waals surface area contributed by atoms with Crippen molar-refractivity contribution in [2.75, 3.05) is 0 Å². The predicted molar refractivity (Wildman–Crippen MR) is 83.1 cm³/mol. The topological polar surface area (TPSA) is 55.1 Å². The molecule has 0 saturated heterocycles. The van der Waals surface area contributed by atoms with Crippen molar-refractivity contribution in [3.05, 3.63) is 64.7 Å². The highest BCUT2D eigenvalue weighted by Crippen LogP contribution is 2.21. The van der Waals surface area contributed by atoms with Crippen LogP contribution in [0.25, 0.3) is 16.6 Å². The molecule has 0 bridgehead atoms. The third kappa shape index (κ3) is 2.29. The van der Waals surface area contributed by atoms with Gasteiger partial charge in [-0.1, -0.05) is 32.0 Å². The van der Waals surface area contributed by atoms with Crippen LogP contribution >= 0.6 is 0 Å². The van der Waals surface area contributed by atoms with E-state index in [1.165, 1.54) is 12.1 Å². The van der Waals surface area contributed by atoms with Crippen molar-refractivity contribution in [3.63, 3.8) is 0 Å². The van der Waals surface area contributed by atoms with Gasteiger partial charge in [0, 0.05) is 12.0 Å². The second-order valence-electron chi connectivity index (χ2n) is 5.30. The van der Waals surface area contributed by atoms with Crippen molar-refractivity contribution in [1.82, 2.24) is 9.55 Å². The van der Waals surface area contributed by atoms with Crippen molar-refractivity contribution >= 4 is 10.9 Å². The lowest BCUT2D eigenvalue weighted by Crippen LogP contribution is -2.24. The van der Waals surface area contributed by atoms with Crippen LogP contribution in [-0.2, 0) is 0 Å². The molecule has 0 aliphatic rings. The molecule has 0 spiro atoms.